The van der Waals surface area contributed by atoms with Crippen LogP contribution in [0.3, 0.4) is 0 Å². The third-order valence-corrected chi connectivity index (χ3v) is 6.40. The van der Waals surface area contributed by atoms with Gasteiger partial charge in [0.15, 0.2) is 5.16 Å². The van der Waals surface area contributed by atoms with Gasteiger partial charge < -0.3 is 19.5 Å². The molecule has 0 saturated carbocycles. The summed E-state index contributed by atoms with van der Waals surface area (Å²) >= 11 is 7.45. The zero-order valence-electron chi connectivity index (χ0n) is 17.5. The van der Waals surface area contributed by atoms with Crippen LogP contribution in [0.25, 0.3) is 0 Å². The van der Waals surface area contributed by atoms with Gasteiger partial charge in [-0.2, -0.15) is 0 Å². The number of anilines is 1. The first-order valence-corrected chi connectivity index (χ1v) is 11.3. The summed E-state index contributed by atoms with van der Waals surface area (Å²) in [6.45, 7) is 5.51. The normalized spacial score (nSPS) is 15.9. The van der Waals surface area contributed by atoms with Crippen molar-refractivity contribution in [3.63, 3.8) is 0 Å². The van der Waals surface area contributed by atoms with E-state index in [9.17, 15) is 9.59 Å². The minimum absolute atomic E-state index is 0.0486. The Kier molecular flexibility index (Phi) is 7.80. The molecule has 2 heterocycles. The smallest absolute Gasteiger partial charge is 0.244 e. The van der Waals surface area contributed by atoms with E-state index in [1.54, 1.807) is 31.3 Å². The highest BCUT2D eigenvalue weighted by atomic mass is 35.5. The molecule has 3 rings (SSSR count). The fourth-order valence-electron chi connectivity index (χ4n) is 3.23. The van der Waals surface area contributed by atoms with Crippen LogP contribution < -0.4 is 5.32 Å². The lowest BCUT2D eigenvalue weighted by Gasteiger charge is -2.18. The van der Waals surface area contributed by atoms with Gasteiger partial charge in [-0.25, -0.2) is 4.98 Å². The largest absolute Gasteiger partial charge is 0.376 e. The van der Waals surface area contributed by atoms with E-state index in [4.69, 9.17) is 16.3 Å². The number of aryl methyl sites for hydroxylation is 1. The van der Waals surface area contributed by atoms with E-state index in [0.717, 1.165) is 42.5 Å². The minimum Gasteiger partial charge on any atom is -0.376 e. The molecule has 162 valence electrons. The Labute approximate surface area is 186 Å². The number of likely N-dealkylation sites (N-methyl/N-ethyl adjacent to an activating group) is 1. The molecular formula is C21H27ClN4O3S. The van der Waals surface area contributed by atoms with Gasteiger partial charge in [0.1, 0.15) is 0 Å². The number of aromatic nitrogens is 2. The molecule has 7 nitrogen and oxygen atoms in total. The van der Waals surface area contributed by atoms with Crippen molar-refractivity contribution in [3.8, 4) is 0 Å². The van der Waals surface area contributed by atoms with Crippen LogP contribution >= 0.6 is 23.4 Å². The zero-order chi connectivity index (χ0) is 21.7. The number of nitrogens with zero attached hydrogens (tertiary/aromatic N) is 3. The predicted molar refractivity (Wildman–Crippen MR) is 119 cm³/mol. The van der Waals surface area contributed by atoms with Gasteiger partial charge in [-0.05, 0) is 38.8 Å². The summed E-state index contributed by atoms with van der Waals surface area (Å²) < 4.78 is 7.89. The second-order valence-electron chi connectivity index (χ2n) is 7.38. The number of carbonyl (C=O) groups excluding carboxylic acids is 2. The molecule has 9 heteroatoms. The van der Waals surface area contributed by atoms with Crippen molar-refractivity contribution in [3.05, 3.63) is 40.7 Å². The Morgan fingerprint density at radius 2 is 2.13 bits per heavy atom. The molecule has 1 N–H and O–H groups in total. The number of ether oxygens (including phenoxy) is 1. The van der Waals surface area contributed by atoms with E-state index in [0.29, 0.717) is 10.7 Å². The molecule has 0 radical (unpaired) electrons. The summed E-state index contributed by atoms with van der Waals surface area (Å²) in [5.74, 6) is -0.233. The van der Waals surface area contributed by atoms with Gasteiger partial charge in [-0.1, -0.05) is 35.5 Å². The van der Waals surface area contributed by atoms with E-state index in [-0.39, 0.29) is 30.2 Å². The third kappa shape index (κ3) is 5.77. The van der Waals surface area contributed by atoms with Crippen molar-refractivity contribution >= 4 is 40.9 Å². The summed E-state index contributed by atoms with van der Waals surface area (Å²) in [6, 6.07) is 6.99. The quantitative estimate of drug-likeness (QED) is 0.622. The number of para-hydroxylation sites is 1. The Bertz CT molecular complexity index is 912. The van der Waals surface area contributed by atoms with Crippen LogP contribution in [-0.4, -0.2) is 58.3 Å². The SMILES string of the molecule is Cc1nc(SCC(=O)N(C)CC(=O)Nc2ccccc2Cl)n(C[C@H]2CCCO2)c1C. The molecule has 0 bridgehead atoms. The standard InChI is InChI=1S/C21H27ClN4O3S/c1-14-15(2)26(11-16-7-6-10-29-16)21(23-14)30-13-20(28)25(3)12-19(27)24-18-9-5-4-8-17(18)22/h4-5,8-9,16H,6-7,10-13H2,1-3H3,(H,24,27)/t16-/m1/s1. The lowest BCUT2D eigenvalue weighted by Crippen LogP contribution is -2.36. The molecule has 30 heavy (non-hydrogen) atoms. The molecule has 1 aromatic heterocycles. The van der Waals surface area contributed by atoms with Crippen LogP contribution in [0.4, 0.5) is 5.69 Å². The maximum absolute atomic E-state index is 12.6. The molecule has 1 atom stereocenters. The number of carbonyl (C=O) groups is 2. The highest BCUT2D eigenvalue weighted by molar-refractivity contribution is 7.99. The molecular weight excluding hydrogens is 424 g/mol. The second-order valence-corrected chi connectivity index (χ2v) is 8.73. The summed E-state index contributed by atoms with van der Waals surface area (Å²) in [6.07, 6.45) is 2.33. The Hall–Kier alpha value is -2.03. The number of hydrogen-bond acceptors (Lipinski definition) is 5. The van der Waals surface area contributed by atoms with Gasteiger partial charge >= 0.3 is 0 Å². The lowest BCUT2D eigenvalue weighted by atomic mass is 10.2. The molecule has 2 amide bonds. The highest BCUT2D eigenvalue weighted by Crippen LogP contribution is 2.24. The van der Waals surface area contributed by atoms with Gasteiger partial charge in [0.05, 0.1) is 41.4 Å². The number of nitrogens with one attached hydrogen (secondary N) is 1. The number of halogens is 1. The number of thioether (sulfide) groups is 1. The summed E-state index contributed by atoms with van der Waals surface area (Å²) in [5.41, 5.74) is 2.57. The van der Waals surface area contributed by atoms with Crippen molar-refractivity contribution in [2.45, 2.75) is 44.5 Å². The molecule has 0 spiro atoms. The van der Waals surface area contributed by atoms with Crippen molar-refractivity contribution in [1.82, 2.24) is 14.5 Å². The zero-order valence-corrected chi connectivity index (χ0v) is 19.1. The van der Waals surface area contributed by atoms with Gasteiger partial charge in [-0.15, -0.1) is 0 Å². The van der Waals surface area contributed by atoms with Crippen LogP contribution in [0.1, 0.15) is 24.2 Å². The van der Waals surface area contributed by atoms with Gasteiger partial charge in [-0.3, -0.25) is 9.59 Å². The number of rotatable bonds is 8. The van der Waals surface area contributed by atoms with Gasteiger partial charge in [0, 0.05) is 19.3 Å². The van der Waals surface area contributed by atoms with Crippen LogP contribution in [0.15, 0.2) is 29.4 Å². The summed E-state index contributed by atoms with van der Waals surface area (Å²) in [5, 5.41) is 3.99. The summed E-state index contributed by atoms with van der Waals surface area (Å²) in [7, 11) is 1.62. The number of amides is 2. The molecule has 1 fully saturated rings. The van der Waals surface area contributed by atoms with Crippen molar-refractivity contribution in [1.29, 1.82) is 0 Å². The predicted octanol–water partition coefficient (Wildman–Crippen LogP) is 3.52. The topological polar surface area (TPSA) is 76.5 Å². The molecule has 2 aromatic rings. The monoisotopic (exact) mass is 450 g/mol. The highest BCUT2D eigenvalue weighted by Gasteiger charge is 2.21. The Morgan fingerprint density at radius 3 is 2.83 bits per heavy atom. The third-order valence-electron chi connectivity index (χ3n) is 5.11. The van der Waals surface area contributed by atoms with Crippen LogP contribution in [0, 0.1) is 13.8 Å². The van der Waals surface area contributed by atoms with Crippen molar-refractivity contribution in [2.75, 3.05) is 31.3 Å². The lowest BCUT2D eigenvalue weighted by molar-refractivity contribution is -0.131. The Balaban J connectivity index is 1.54. The molecule has 0 unspecified atom stereocenters. The average molecular weight is 451 g/mol. The fourth-order valence-corrected chi connectivity index (χ4v) is 4.46. The van der Waals surface area contributed by atoms with E-state index < -0.39 is 0 Å². The van der Waals surface area contributed by atoms with Crippen LogP contribution in [0.5, 0.6) is 0 Å². The van der Waals surface area contributed by atoms with E-state index >= 15 is 0 Å². The van der Waals surface area contributed by atoms with E-state index in [1.165, 1.54) is 16.7 Å². The molecule has 1 saturated heterocycles. The number of imidazole rings is 1. The second kappa shape index (κ2) is 10.3. The molecule has 0 aliphatic carbocycles. The van der Waals surface area contributed by atoms with Gasteiger partial charge in [0.2, 0.25) is 11.8 Å². The molecule has 1 aliphatic rings. The maximum Gasteiger partial charge on any atom is 0.244 e. The molecule has 1 aliphatic heterocycles. The first kappa shape index (κ1) is 22.7. The van der Waals surface area contributed by atoms with E-state index in [1.807, 2.05) is 13.8 Å². The van der Waals surface area contributed by atoms with Crippen molar-refractivity contribution < 1.29 is 14.3 Å². The van der Waals surface area contributed by atoms with Crippen LogP contribution in [0.2, 0.25) is 5.02 Å². The minimum atomic E-state index is -0.296. The first-order chi connectivity index (χ1) is 14.3. The first-order valence-electron chi connectivity index (χ1n) is 9.91. The summed E-state index contributed by atoms with van der Waals surface area (Å²) in [4.78, 5) is 30.8. The fraction of sp³-hybridized carbons (Fsp3) is 0.476. The van der Waals surface area contributed by atoms with E-state index in [2.05, 4.69) is 14.9 Å². The average Bonchev–Trinajstić information content (AvgIpc) is 3.32. The van der Waals surface area contributed by atoms with Gasteiger partial charge in [0.25, 0.3) is 0 Å². The Morgan fingerprint density at radius 1 is 1.37 bits per heavy atom. The maximum atomic E-state index is 12.6. The molecule has 1 aromatic carbocycles. The number of hydrogen-bond donors (Lipinski definition) is 1. The van der Waals surface area contributed by atoms with Crippen LogP contribution in [-0.2, 0) is 20.9 Å². The van der Waals surface area contributed by atoms with Crippen molar-refractivity contribution in [2.24, 2.45) is 0 Å². The number of benzene rings is 1.